The van der Waals surface area contributed by atoms with Crippen molar-refractivity contribution in [3.8, 4) is 0 Å². The Bertz CT molecular complexity index is 900. The summed E-state index contributed by atoms with van der Waals surface area (Å²) in [6.45, 7) is 1.82. The zero-order chi connectivity index (χ0) is 23.0. The van der Waals surface area contributed by atoms with Crippen molar-refractivity contribution < 1.29 is 27.6 Å². The first-order valence-corrected chi connectivity index (χ1v) is 9.65. The Hall–Kier alpha value is -3.36. The summed E-state index contributed by atoms with van der Waals surface area (Å²) < 4.78 is 37.9. The molecule has 0 saturated carbocycles. The van der Waals surface area contributed by atoms with Gasteiger partial charge in [-0.05, 0) is 30.2 Å². The Morgan fingerprint density at radius 3 is 1.97 bits per heavy atom. The molecule has 0 spiro atoms. The smallest absolute Gasteiger partial charge is 0.368 e. The van der Waals surface area contributed by atoms with E-state index in [0.29, 0.717) is 5.56 Å². The highest BCUT2D eigenvalue weighted by Gasteiger charge is 2.30. The summed E-state index contributed by atoms with van der Waals surface area (Å²) in [7, 11) is 0. The molecule has 2 atom stereocenters. The Balaban J connectivity index is 1.85. The summed E-state index contributed by atoms with van der Waals surface area (Å²) in [4.78, 5) is 35.9. The van der Waals surface area contributed by atoms with Crippen molar-refractivity contribution >= 4 is 17.7 Å². The normalized spacial score (nSPS) is 13.2. The average Bonchev–Trinajstić information content (AvgIpc) is 2.72. The second kappa shape index (κ2) is 10.6. The predicted molar refractivity (Wildman–Crippen MR) is 109 cm³/mol. The largest absolute Gasteiger partial charge is 0.416 e. The number of nitrogens with one attached hydrogen (secondary N) is 2. The molecule has 0 radical (unpaired) electrons. The van der Waals surface area contributed by atoms with E-state index in [-0.39, 0.29) is 31.2 Å². The van der Waals surface area contributed by atoms with Crippen molar-refractivity contribution in [3.05, 3.63) is 71.3 Å². The lowest BCUT2D eigenvalue weighted by atomic mass is 10.0. The van der Waals surface area contributed by atoms with Gasteiger partial charge in [-0.1, -0.05) is 42.5 Å². The highest BCUT2D eigenvalue weighted by atomic mass is 19.4. The predicted octanol–water partition coefficient (Wildman–Crippen LogP) is 2.88. The number of benzene rings is 2. The van der Waals surface area contributed by atoms with Crippen molar-refractivity contribution in [3.63, 3.8) is 0 Å². The van der Waals surface area contributed by atoms with Crippen LogP contribution in [-0.4, -0.2) is 23.8 Å². The zero-order valence-corrected chi connectivity index (χ0v) is 16.9. The molecule has 0 aliphatic rings. The van der Waals surface area contributed by atoms with Crippen molar-refractivity contribution in [2.75, 3.05) is 0 Å². The maximum atomic E-state index is 12.6. The lowest BCUT2D eigenvalue weighted by Gasteiger charge is -2.17. The SMILES string of the molecule is C[C@@H](NC(=O)CCC(=O)N[C@@H](Cc1ccc(C(F)(F)F)cc1)C(N)=O)c1ccccc1. The fourth-order valence-electron chi connectivity index (χ4n) is 2.92. The fraction of sp³-hybridized carbons (Fsp3) is 0.318. The van der Waals surface area contributed by atoms with Gasteiger partial charge in [-0.15, -0.1) is 0 Å². The molecule has 0 aromatic heterocycles. The number of alkyl halides is 3. The molecule has 6 nitrogen and oxygen atoms in total. The number of hydrogen-bond donors (Lipinski definition) is 3. The third-order valence-corrected chi connectivity index (χ3v) is 4.66. The first-order valence-electron chi connectivity index (χ1n) is 9.65. The van der Waals surface area contributed by atoms with E-state index in [1.165, 1.54) is 12.1 Å². The van der Waals surface area contributed by atoms with Crippen LogP contribution >= 0.6 is 0 Å². The Morgan fingerprint density at radius 2 is 1.45 bits per heavy atom. The number of carbonyl (C=O) groups excluding carboxylic acids is 3. The molecule has 4 N–H and O–H groups in total. The van der Waals surface area contributed by atoms with Gasteiger partial charge >= 0.3 is 6.18 Å². The third-order valence-electron chi connectivity index (χ3n) is 4.66. The molecule has 9 heteroatoms. The Morgan fingerprint density at radius 1 is 0.903 bits per heavy atom. The van der Waals surface area contributed by atoms with Crippen LogP contribution in [0, 0.1) is 0 Å². The molecule has 0 saturated heterocycles. The highest BCUT2D eigenvalue weighted by molar-refractivity contribution is 5.88. The number of amides is 3. The minimum atomic E-state index is -4.46. The molecule has 0 heterocycles. The maximum absolute atomic E-state index is 12.6. The van der Waals surface area contributed by atoms with E-state index in [1.54, 1.807) is 0 Å². The second-order valence-corrected chi connectivity index (χ2v) is 7.12. The molecule has 166 valence electrons. The molecule has 2 aromatic rings. The van der Waals surface area contributed by atoms with Crippen molar-refractivity contribution in [2.24, 2.45) is 5.73 Å². The number of carbonyl (C=O) groups is 3. The van der Waals surface area contributed by atoms with Gasteiger partial charge in [0.15, 0.2) is 0 Å². The van der Waals surface area contributed by atoms with E-state index in [9.17, 15) is 27.6 Å². The van der Waals surface area contributed by atoms with Gasteiger partial charge in [0.1, 0.15) is 6.04 Å². The lowest BCUT2D eigenvalue weighted by Crippen LogP contribution is -2.46. The standard InChI is InChI=1S/C22H24F3N3O3/c1-14(16-5-3-2-4-6-16)27-19(29)11-12-20(30)28-18(21(26)31)13-15-7-9-17(10-8-15)22(23,24)25/h2-10,14,18H,11-13H2,1H3,(H2,26,31)(H,27,29)(H,28,30)/t14-,18+/m1/s1. The maximum Gasteiger partial charge on any atom is 0.416 e. The third kappa shape index (κ3) is 7.76. The van der Waals surface area contributed by atoms with E-state index < -0.39 is 29.6 Å². The molecular formula is C22H24F3N3O3. The van der Waals surface area contributed by atoms with Gasteiger partial charge < -0.3 is 16.4 Å². The summed E-state index contributed by atoms with van der Waals surface area (Å²) in [5.74, 6) is -1.71. The van der Waals surface area contributed by atoms with Crippen LogP contribution < -0.4 is 16.4 Å². The van der Waals surface area contributed by atoms with Gasteiger partial charge in [-0.3, -0.25) is 14.4 Å². The van der Waals surface area contributed by atoms with Crippen LogP contribution in [0.2, 0.25) is 0 Å². The van der Waals surface area contributed by atoms with Gasteiger partial charge in [-0.2, -0.15) is 13.2 Å². The second-order valence-electron chi connectivity index (χ2n) is 7.12. The van der Waals surface area contributed by atoms with Crippen LogP contribution in [0.25, 0.3) is 0 Å². The van der Waals surface area contributed by atoms with E-state index in [4.69, 9.17) is 5.73 Å². The molecule has 2 aromatic carbocycles. The highest BCUT2D eigenvalue weighted by Crippen LogP contribution is 2.29. The topological polar surface area (TPSA) is 101 Å². The Kier molecular flexibility index (Phi) is 8.18. The van der Waals surface area contributed by atoms with Gasteiger partial charge in [-0.25, -0.2) is 0 Å². The first kappa shape index (κ1) is 23.9. The van der Waals surface area contributed by atoms with Gasteiger partial charge in [0.2, 0.25) is 17.7 Å². The minimum Gasteiger partial charge on any atom is -0.368 e. The lowest BCUT2D eigenvalue weighted by molar-refractivity contribution is -0.137. The van der Waals surface area contributed by atoms with Crippen LogP contribution in [0.15, 0.2) is 54.6 Å². The molecule has 0 fully saturated rings. The van der Waals surface area contributed by atoms with Crippen molar-refractivity contribution in [1.82, 2.24) is 10.6 Å². The molecule has 0 unspecified atom stereocenters. The van der Waals surface area contributed by atoms with Crippen LogP contribution in [0.1, 0.15) is 42.5 Å². The monoisotopic (exact) mass is 435 g/mol. The van der Waals surface area contributed by atoms with Crippen LogP contribution in [0.5, 0.6) is 0 Å². The van der Waals surface area contributed by atoms with Gasteiger partial charge in [0, 0.05) is 19.3 Å². The molecule has 2 rings (SSSR count). The van der Waals surface area contributed by atoms with Crippen molar-refractivity contribution in [2.45, 2.75) is 44.4 Å². The summed E-state index contributed by atoms with van der Waals surface area (Å²) in [5.41, 5.74) is 5.82. The van der Waals surface area contributed by atoms with E-state index >= 15 is 0 Å². The molecule has 0 aliphatic carbocycles. The van der Waals surface area contributed by atoms with Crippen molar-refractivity contribution in [1.29, 1.82) is 0 Å². The van der Waals surface area contributed by atoms with Crippen LogP contribution in [-0.2, 0) is 27.0 Å². The molecule has 31 heavy (non-hydrogen) atoms. The van der Waals surface area contributed by atoms with Gasteiger partial charge in [0.25, 0.3) is 0 Å². The molecule has 0 aliphatic heterocycles. The molecule has 0 bridgehead atoms. The summed E-state index contributed by atoms with van der Waals surface area (Å²) in [6.07, 6.45) is -4.77. The van der Waals surface area contributed by atoms with Crippen LogP contribution in [0.3, 0.4) is 0 Å². The fourth-order valence-corrected chi connectivity index (χ4v) is 2.92. The molecular weight excluding hydrogens is 411 g/mol. The van der Waals surface area contributed by atoms with Crippen LogP contribution in [0.4, 0.5) is 13.2 Å². The first-order chi connectivity index (χ1) is 14.6. The number of halogens is 3. The van der Waals surface area contributed by atoms with Gasteiger partial charge in [0.05, 0.1) is 11.6 Å². The minimum absolute atomic E-state index is 0.0591. The summed E-state index contributed by atoms with van der Waals surface area (Å²) in [6, 6.07) is 12.2. The number of rotatable bonds is 9. The number of nitrogens with two attached hydrogens (primary N) is 1. The Labute approximate surface area is 178 Å². The van der Waals surface area contributed by atoms with E-state index in [1.807, 2.05) is 37.3 Å². The zero-order valence-electron chi connectivity index (χ0n) is 16.9. The average molecular weight is 435 g/mol. The molecule has 3 amide bonds. The number of primary amides is 1. The quantitative estimate of drug-likeness (QED) is 0.565. The van der Waals surface area contributed by atoms with E-state index in [0.717, 1.165) is 17.7 Å². The number of hydrogen-bond acceptors (Lipinski definition) is 3. The summed E-state index contributed by atoms with van der Waals surface area (Å²) >= 11 is 0. The van der Waals surface area contributed by atoms with E-state index in [2.05, 4.69) is 10.6 Å². The summed E-state index contributed by atoms with van der Waals surface area (Å²) in [5, 5.41) is 5.22.